The van der Waals surface area contributed by atoms with Gasteiger partial charge in [0.15, 0.2) is 32.9 Å². The molecular formula is C45H47N9O8S2. The molecule has 332 valence electrons. The van der Waals surface area contributed by atoms with Crippen LogP contribution in [0.5, 0.6) is 0 Å². The Morgan fingerprint density at radius 1 is 0.781 bits per heavy atom. The number of anilines is 3. The smallest absolute Gasteiger partial charge is 0.278 e. The van der Waals surface area contributed by atoms with Crippen molar-refractivity contribution in [2.24, 2.45) is 5.92 Å². The number of aromatic nitrogens is 4. The van der Waals surface area contributed by atoms with E-state index in [1.165, 1.54) is 42.7 Å². The van der Waals surface area contributed by atoms with Crippen LogP contribution in [0.2, 0.25) is 0 Å². The number of nitrogens with one attached hydrogen (secondary N) is 3. The predicted molar refractivity (Wildman–Crippen MR) is 241 cm³/mol. The van der Waals surface area contributed by atoms with E-state index in [0.717, 1.165) is 16.7 Å². The molecule has 2 amide bonds. The molecule has 0 spiro atoms. The largest absolute Gasteiger partial charge is 0.382 e. The summed E-state index contributed by atoms with van der Waals surface area (Å²) in [7, 11) is -7.45. The highest BCUT2D eigenvalue weighted by Crippen LogP contribution is 2.33. The van der Waals surface area contributed by atoms with E-state index in [2.05, 4.69) is 35.3 Å². The molecule has 64 heavy (non-hydrogen) atoms. The van der Waals surface area contributed by atoms with Crippen LogP contribution in [0.15, 0.2) is 113 Å². The number of carbonyl (C=O) groups excluding carboxylic acids is 2. The van der Waals surface area contributed by atoms with Crippen molar-refractivity contribution < 1.29 is 35.9 Å². The molecule has 5 aromatic rings. The van der Waals surface area contributed by atoms with Crippen LogP contribution in [-0.2, 0) is 35.8 Å². The number of aryl methyl sites for hydroxylation is 1. The van der Waals surface area contributed by atoms with Crippen LogP contribution in [-0.4, -0.2) is 85.3 Å². The lowest BCUT2D eigenvalue weighted by atomic mass is 9.97. The first-order chi connectivity index (χ1) is 30.4. The number of amides is 2. The Hall–Kier alpha value is -6.38. The van der Waals surface area contributed by atoms with Crippen molar-refractivity contribution in [3.8, 4) is 22.5 Å². The van der Waals surface area contributed by atoms with Gasteiger partial charge in [0, 0.05) is 33.8 Å². The second-order valence-electron chi connectivity index (χ2n) is 16.6. The zero-order chi connectivity index (χ0) is 45.4. The first-order valence-electron chi connectivity index (χ1n) is 20.5. The second kappa shape index (κ2) is 17.6. The number of ether oxygens (including phenoxy) is 2. The van der Waals surface area contributed by atoms with E-state index in [9.17, 15) is 26.4 Å². The van der Waals surface area contributed by atoms with Crippen molar-refractivity contribution in [1.29, 1.82) is 0 Å². The van der Waals surface area contributed by atoms with Crippen LogP contribution in [0.1, 0.15) is 58.8 Å². The molecule has 19 heteroatoms. The van der Waals surface area contributed by atoms with Gasteiger partial charge in [0.1, 0.15) is 0 Å². The monoisotopic (exact) mass is 905 g/mol. The minimum atomic E-state index is -3.79. The van der Waals surface area contributed by atoms with Gasteiger partial charge in [-0.1, -0.05) is 61.0 Å². The summed E-state index contributed by atoms with van der Waals surface area (Å²) in [5, 5.41) is 5.52. The van der Waals surface area contributed by atoms with Gasteiger partial charge in [0.25, 0.3) is 11.8 Å². The highest BCUT2D eigenvalue weighted by Gasteiger charge is 2.38. The fourth-order valence-electron chi connectivity index (χ4n) is 7.65. The molecule has 1 aliphatic carbocycles. The summed E-state index contributed by atoms with van der Waals surface area (Å²) in [4.78, 5) is 44.0. The van der Waals surface area contributed by atoms with E-state index in [1.54, 1.807) is 19.9 Å². The molecule has 0 radical (unpaired) electrons. The number of sulfonamides is 1. The first kappa shape index (κ1) is 44.2. The lowest BCUT2D eigenvalue weighted by Gasteiger charge is -2.38. The third kappa shape index (κ3) is 9.88. The SMILES string of the molecule is Cc1ccc(-c2cnc(N)c(C(=O)NC3=CC=C(S(=O)(=O)CC4CC(Cc5ccc(-c6cnc(N)c(C(=O)Nc7ccc(S(=O)(=O)NC8(C)COC8)cc7)n6)cc5)O4)C(C)C3)n2)cc1. The molecule has 2 aromatic heterocycles. The summed E-state index contributed by atoms with van der Waals surface area (Å²) in [6.07, 6.45) is 6.92. The maximum atomic E-state index is 13.5. The van der Waals surface area contributed by atoms with E-state index >= 15 is 0 Å². The van der Waals surface area contributed by atoms with Crippen LogP contribution in [0.4, 0.5) is 17.3 Å². The molecule has 2 saturated heterocycles. The molecule has 3 aromatic carbocycles. The molecule has 8 rings (SSSR count). The number of allylic oxidation sites excluding steroid dienone is 4. The van der Waals surface area contributed by atoms with E-state index < -0.39 is 43.3 Å². The van der Waals surface area contributed by atoms with E-state index in [-0.39, 0.29) is 63.8 Å². The summed E-state index contributed by atoms with van der Waals surface area (Å²) in [5.74, 6) is -1.78. The van der Waals surface area contributed by atoms with Crippen LogP contribution >= 0.6 is 0 Å². The Morgan fingerprint density at radius 2 is 1.34 bits per heavy atom. The fourth-order valence-corrected chi connectivity index (χ4v) is 10.9. The molecule has 4 heterocycles. The number of rotatable bonds is 14. The minimum absolute atomic E-state index is 0.0127. The van der Waals surface area contributed by atoms with E-state index in [0.29, 0.717) is 47.6 Å². The zero-order valence-corrected chi connectivity index (χ0v) is 36.9. The Morgan fingerprint density at radius 3 is 1.89 bits per heavy atom. The van der Waals surface area contributed by atoms with Gasteiger partial charge in [-0.25, -0.2) is 41.5 Å². The topological polar surface area (TPSA) is 261 Å². The lowest BCUT2D eigenvalue weighted by molar-refractivity contribution is -0.110. The van der Waals surface area contributed by atoms with Crippen LogP contribution in [0, 0.1) is 12.8 Å². The van der Waals surface area contributed by atoms with Crippen molar-refractivity contribution in [2.45, 2.75) is 62.7 Å². The average molecular weight is 906 g/mol. The van der Waals surface area contributed by atoms with Gasteiger partial charge in [0.2, 0.25) is 10.0 Å². The van der Waals surface area contributed by atoms with Crippen LogP contribution in [0.25, 0.3) is 22.5 Å². The summed E-state index contributed by atoms with van der Waals surface area (Å²) in [5.41, 5.74) is 16.6. The number of hydrogen-bond donors (Lipinski definition) is 5. The third-order valence-electron chi connectivity index (χ3n) is 11.1. The summed E-state index contributed by atoms with van der Waals surface area (Å²) in [6, 6.07) is 20.9. The number of nitrogens with two attached hydrogens (primary N) is 2. The second-order valence-corrected chi connectivity index (χ2v) is 20.3. The van der Waals surface area contributed by atoms with Gasteiger partial charge in [-0.15, -0.1) is 0 Å². The Kier molecular flexibility index (Phi) is 12.2. The standard InChI is InChI=1S/C45H47N9O8S2/c1-26-4-8-29(9-5-26)36-21-48-42(47)40(52-36)44(56)51-32-14-17-38(27(2)18-32)63(57,58)23-34-20-33(62-34)19-28-6-10-30(11-7-28)37-22-49-41(46)39(53-37)43(55)50-31-12-15-35(16-13-31)64(59,60)54-45(3)24-61-25-45/h4-17,21-22,27,33-34,54H,18-20,23-25H2,1-3H3,(H2,46,49)(H2,47,48)(H,50,55)(H,51,56). The van der Waals surface area contributed by atoms with Crippen molar-refractivity contribution in [3.05, 3.63) is 130 Å². The van der Waals surface area contributed by atoms with Gasteiger partial charge in [0.05, 0.1) is 65.4 Å². The van der Waals surface area contributed by atoms with Gasteiger partial charge in [-0.2, -0.15) is 0 Å². The Bertz CT molecular complexity index is 2900. The van der Waals surface area contributed by atoms with Crippen molar-refractivity contribution in [3.63, 3.8) is 0 Å². The number of carbonyl (C=O) groups is 2. The van der Waals surface area contributed by atoms with Crippen molar-refractivity contribution >= 4 is 49.0 Å². The Balaban J connectivity index is 0.825. The molecule has 2 fully saturated rings. The number of sulfone groups is 1. The maximum Gasteiger partial charge on any atom is 0.278 e. The predicted octanol–water partition coefficient (Wildman–Crippen LogP) is 4.75. The molecule has 7 N–H and O–H groups in total. The normalized spacial score (nSPS) is 19.3. The summed E-state index contributed by atoms with van der Waals surface area (Å²) >= 11 is 0. The van der Waals surface area contributed by atoms with Gasteiger partial charge < -0.3 is 31.6 Å². The molecule has 3 unspecified atom stereocenters. The number of nitrogen functional groups attached to an aromatic ring is 2. The molecule has 0 bridgehead atoms. The molecule has 2 aliphatic heterocycles. The molecule has 0 saturated carbocycles. The maximum absolute atomic E-state index is 13.5. The van der Waals surface area contributed by atoms with Crippen LogP contribution in [0.3, 0.4) is 0 Å². The molecule has 3 aliphatic rings. The van der Waals surface area contributed by atoms with Gasteiger partial charge in [-0.3, -0.25) is 9.59 Å². The van der Waals surface area contributed by atoms with E-state index in [1.807, 2.05) is 55.5 Å². The number of nitrogens with zero attached hydrogens (tertiary/aromatic N) is 4. The van der Waals surface area contributed by atoms with E-state index in [4.69, 9.17) is 20.9 Å². The highest BCUT2D eigenvalue weighted by molar-refractivity contribution is 7.95. The molecular weight excluding hydrogens is 859 g/mol. The number of benzene rings is 3. The third-order valence-corrected chi connectivity index (χ3v) is 14.9. The Labute approximate surface area is 370 Å². The summed E-state index contributed by atoms with van der Waals surface area (Å²) in [6.45, 7) is 6.11. The summed E-state index contributed by atoms with van der Waals surface area (Å²) < 4.78 is 66.4. The lowest BCUT2D eigenvalue weighted by Crippen LogP contribution is -2.59. The van der Waals surface area contributed by atoms with Crippen LogP contribution < -0.4 is 26.8 Å². The number of hydrogen-bond acceptors (Lipinski definition) is 14. The van der Waals surface area contributed by atoms with Gasteiger partial charge in [-0.05, 0) is 74.6 Å². The first-order valence-corrected chi connectivity index (χ1v) is 23.6. The van der Waals surface area contributed by atoms with Gasteiger partial charge >= 0.3 is 0 Å². The molecule has 3 atom stereocenters. The molecule has 17 nitrogen and oxygen atoms in total. The fraction of sp³-hybridized carbons (Fsp3) is 0.289. The zero-order valence-electron chi connectivity index (χ0n) is 35.2. The minimum Gasteiger partial charge on any atom is -0.382 e. The quantitative estimate of drug-likeness (QED) is 0.101. The van der Waals surface area contributed by atoms with Crippen molar-refractivity contribution in [2.75, 3.05) is 35.8 Å². The average Bonchev–Trinajstić information content (AvgIpc) is 3.23. The highest BCUT2D eigenvalue weighted by atomic mass is 32.2. The van der Waals surface area contributed by atoms with Crippen molar-refractivity contribution in [1.82, 2.24) is 30.0 Å².